The zero-order valence-corrected chi connectivity index (χ0v) is 18.1. The number of rotatable bonds is 6. The molecule has 8 heteroatoms. The lowest BCUT2D eigenvalue weighted by molar-refractivity contribution is -0.122. The van der Waals surface area contributed by atoms with Gasteiger partial charge in [0.2, 0.25) is 5.91 Å². The van der Waals surface area contributed by atoms with Gasteiger partial charge in [-0.3, -0.25) is 14.6 Å². The monoisotopic (exact) mass is 420 g/mol. The highest BCUT2D eigenvalue weighted by atomic mass is 16.2. The van der Waals surface area contributed by atoms with Gasteiger partial charge in [0.15, 0.2) is 0 Å². The van der Waals surface area contributed by atoms with Gasteiger partial charge in [0, 0.05) is 25.0 Å². The van der Waals surface area contributed by atoms with E-state index in [9.17, 15) is 14.9 Å². The van der Waals surface area contributed by atoms with Crippen LogP contribution in [0.5, 0.6) is 0 Å². The van der Waals surface area contributed by atoms with Crippen molar-refractivity contribution in [3.05, 3.63) is 52.2 Å². The molecule has 0 spiro atoms. The molecule has 2 aromatic rings. The van der Waals surface area contributed by atoms with Gasteiger partial charge in [0.05, 0.1) is 11.9 Å². The molecular weight excluding hydrogens is 392 g/mol. The highest BCUT2D eigenvalue weighted by Gasteiger charge is 2.56. The van der Waals surface area contributed by atoms with E-state index in [1.165, 1.54) is 12.6 Å². The van der Waals surface area contributed by atoms with Crippen molar-refractivity contribution in [3.8, 4) is 6.07 Å². The van der Waals surface area contributed by atoms with Gasteiger partial charge < -0.3 is 10.6 Å². The molecule has 3 aliphatic rings. The standard InChI is InChI=1S/C23H28N6O2/c1-14-18-8-16(23(18,2)3)9-19(14)28-20-12-27-29(22(31)17(20)10-24)13-21(30)26-11-15-4-6-25-7-5-15/h4-7,12,14,16,18-19,28H,8-9,11,13H2,1-3H3,(H,26,30)/t14-,16+,18-,19-/m1/s1. The second-order valence-corrected chi connectivity index (χ2v) is 9.35. The number of hydrogen-bond donors (Lipinski definition) is 2. The molecule has 0 radical (unpaired) electrons. The lowest BCUT2D eigenvalue weighted by atomic mass is 9.45. The number of hydrogen-bond acceptors (Lipinski definition) is 6. The lowest BCUT2D eigenvalue weighted by Gasteiger charge is -2.62. The normalized spacial score (nSPS) is 25.7. The minimum atomic E-state index is -0.555. The molecule has 2 heterocycles. The Morgan fingerprint density at radius 2 is 2.06 bits per heavy atom. The number of carbonyl (C=O) groups is 1. The molecule has 2 aromatic heterocycles. The summed E-state index contributed by atoms with van der Waals surface area (Å²) in [5.41, 5.74) is 1.17. The predicted molar refractivity (Wildman–Crippen MR) is 116 cm³/mol. The van der Waals surface area contributed by atoms with Crippen molar-refractivity contribution in [1.29, 1.82) is 5.26 Å². The van der Waals surface area contributed by atoms with Gasteiger partial charge >= 0.3 is 0 Å². The number of pyridine rings is 1. The summed E-state index contributed by atoms with van der Waals surface area (Å²) < 4.78 is 1.04. The van der Waals surface area contributed by atoms with Gasteiger partial charge in [0.25, 0.3) is 5.56 Å². The average molecular weight is 421 g/mol. The first kappa shape index (κ1) is 21.0. The average Bonchev–Trinajstić information content (AvgIpc) is 2.76. The number of aromatic nitrogens is 3. The Morgan fingerprint density at radius 3 is 2.71 bits per heavy atom. The van der Waals surface area contributed by atoms with Crippen molar-refractivity contribution in [2.75, 3.05) is 5.32 Å². The number of nitriles is 1. The van der Waals surface area contributed by atoms with E-state index in [0.29, 0.717) is 35.4 Å². The molecule has 0 aromatic carbocycles. The Labute approximate surface area is 181 Å². The Bertz CT molecular complexity index is 1070. The molecule has 2 N–H and O–H groups in total. The van der Waals surface area contributed by atoms with Crippen LogP contribution in [-0.2, 0) is 17.9 Å². The van der Waals surface area contributed by atoms with Crippen molar-refractivity contribution in [2.45, 2.75) is 52.7 Å². The second-order valence-electron chi connectivity index (χ2n) is 9.35. The fourth-order valence-corrected chi connectivity index (χ4v) is 5.25. The van der Waals surface area contributed by atoms with E-state index >= 15 is 0 Å². The number of nitrogens with zero attached hydrogens (tertiary/aromatic N) is 4. The maximum Gasteiger partial charge on any atom is 0.287 e. The molecule has 8 nitrogen and oxygen atoms in total. The number of fused-ring (bicyclic) bond motifs is 2. The van der Waals surface area contributed by atoms with Gasteiger partial charge in [-0.2, -0.15) is 10.4 Å². The third kappa shape index (κ3) is 3.92. The zero-order valence-electron chi connectivity index (χ0n) is 18.1. The molecule has 3 saturated carbocycles. The first-order chi connectivity index (χ1) is 14.8. The van der Waals surface area contributed by atoms with E-state index in [1.807, 2.05) is 6.07 Å². The van der Waals surface area contributed by atoms with Crippen LogP contribution in [0.1, 0.15) is 44.7 Å². The first-order valence-corrected chi connectivity index (χ1v) is 10.7. The fourth-order valence-electron chi connectivity index (χ4n) is 5.25. The second kappa shape index (κ2) is 8.14. The molecule has 4 atom stereocenters. The third-order valence-electron chi connectivity index (χ3n) is 7.38. The highest BCUT2D eigenvalue weighted by Crippen LogP contribution is 2.61. The van der Waals surface area contributed by atoms with Crippen molar-refractivity contribution in [1.82, 2.24) is 20.1 Å². The summed E-state index contributed by atoms with van der Waals surface area (Å²) in [4.78, 5) is 29.0. The maximum absolute atomic E-state index is 12.8. The Kier molecular flexibility index (Phi) is 5.52. The van der Waals surface area contributed by atoms with Crippen LogP contribution in [0.2, 0.25) is 0 Å². The molecule has 0 aliphatic heterocycles. The van der Waals surface area contributed by atoms with Crippen LogP contribution >= 0.6 is 0 Å². The zero-order chi connectivity index (χ0) is 22.2. The number of amides is 1. The van der Waals surface area contributed by atoms with Crippen molar-refractivity contribution >= 4 is 11.6 Å². The molecule has 3 fully saturated rings. The molecule has 0 saturated heterocycles. The maximum atomic E-state index is 12.8. The molecule has 5 rings (SSSR count). The van der Waals surface area contributed by atoms with Gasteiger partial charge in [-0.05, 0) is 53.7 Å². The van der Waals surface area contributed by atoms with Crippen LogP contribution in [0.3, 0.4) is 0 Å². The topological polar surface area (TPSA) is 113 Å². The van der Waals surface area contributed by atoms with E-state index in [-0.39, 0.29) is 24.1 Å². The van der Waals surface area contributed by atoms with Gasteiger partial charge in [0.1, 0.15) is 18.2 Å². The van der Waals surface area contributed by atoms with E-state index in [0.717, 1.165) is 16.7 Å². The van der Waals surface area contributed by atoms with Crippen LogP contribution in [0.4, 0.5) is 5.69 Å². The predicted octanol–water partition coefficient (Wildman–Crippen LogP) is 2.31. The highest BCUT2D eigenvalue weighted by molar-refractivity contribution is 5.75. The fraction of sp³-hybridized carbons (Fsp3) is 0.522. The Hall–Kier alpha value is -3.21. The van der Waals surface area contributed by atoms with Gasteiger partial charge in [-0.15, -0.1) is 0 Å². The molecule has 2 bridgehead atoms. The molecule has 3 aliphatic carbocycles. The summed E-state index contributed by atoms with van der Waals surface area (Å²) >= 11 is 0. The van der Waals surface area contributed by atoms with E-state index in [2.05, 4.69) is 41.5 Å². The molecule has 162 valence electrons. The summed E-state index contributed by atoms with van der Waals surface area (Å²) in [6.07, 6.45) is 7.07. The largest absolute Gasteiger partial charge is 0.379 e. The molecule has 31 heavy (non-hydrogen) atoms. The van der Waals surface area contributed by atoms with E-state index in [4.69, 9.17) is 0 Å². The summed E-state index contributed by atoms with van der Waals surface area (Å²) in [6, 6.07) is 5.82. The quantitative estimate of drug-likeness (QED) is 0.742. The van der Waals surface area contributed by atoms with Gasteiger partial charge in [-0.1, -0.05) is 20.8 Å². The van der Waals surface area contributed by atoms with Crippen molar-refractivity contribution < 1.29 is 4.79 Å². The first-order valence-electron chi connectivity index (χ1n) is 10.7. The number of anilines is 1. The minimum absolute atomic E-state index is 0.00245. The Morgan fingerprint density at radius 1 is 1.32 bits per heavy atom. The van der Waals surface area contributed by atoms with Crippen molar-refractivity contribution in [2.24, 2.45) is 23.2 Å². The van der Waals surface area contributed by atoms with Crippen LogP contribution in [-0.4, -0.2) is 26.7 Å². The SMILES string of the molecule is C[C@@H]1[C@H]2C[C@@H](C[C@H]1Nc1cnn(CC(=O)NCc3ccncc3)c(=O)c1C#N)C2(C)C. The van der Waals surface area contributed by atoms with Crippen molar-refractivity contribution in [3.63, 3.8) is 0 Å². The summed E-state index contributed by atoms with van der Waals surface area (Å²) in [7, 11) is 0. The van der Waals surface area contributed by atoms with Gasteiger partial charge in [-0.25, -0.2) is 4.68 Å². The van der Waals surface area contributed by atoms with Crippen LogP contribution in [0, 0.1) is 34.5 Å². The van der Waals surface area contributed by atoms with Crippen LogP contribution in [0.15, 0.2) is 35.5 Å². The molecule has 0 unspecified atom stereocenters. The summed E-state index contributed by atoms with van der Waals surface area (Å²) in [6.45, 7) is 7.01. The van der Waals surface area contributed by atoms with Crippen LogP contribution < -0.4 is 16.2 Å². The van der Waals surface area contributed by atoms with E-state index < -0.39 is 5.56 Å². The number of nitrogens with one attached hydrogen (secondary N) is 2. The third-order valence-corrected chi connectivity index (χ3v) is 7.38. The van der Waals surface area contributed by atoms with E-state index in [1.54, 1.807) is 24.5 Å². The van der Waals surface area contributed by atoms with Crippen LogP contribution in [0.25, 0.3) is 0 Å². The molecule has 1 amide bonds. The number of carbonyl (C=O) groups excluding carboxylic acids is 1. The minimum Gasteiger partial charge on any atom is -0.379 e. The smallest absolute Gasteiger partial charge is 0.287 e. The Balaban J connectivity index is 1.43. The molecular formula is C23H28N6O2. The summed E-state index contributed by atoms with van der Waals surface area (Å²) in [5.74, 6) is 1.41. The lowest BCUT2D eigenvalue weighted by Crippen LogP contribution is -2.58. The summed E-state index contributed by atoms with van der Waals surface area (Å²) in [5, 5.41) is 19.9.